The summed E-state index contributed by atoms with van der Waals surface area (Å²) in [5.41, 5.74) is 2.39. The monoisotopic (exact) mass is 357 g/mol. The molecule has 0 spiro atoms. The Kier molecular flexibility index (Phi) is 3.73. The van der Waals surface area contributed by atoms with Crippen molar-refractivity contribution in [3.63, 3.8) is 0 Å². The molecule has 4 rings (SSSR count). The summed E-state index contributed by atoms with van der Waals surface area (Å²) >= 11 is 1.11. The molecule has 0 aliphatic heterocycles. The van der Waals surface area contributed by atoms with E-state index in [1.165, 1.54) is 0 Å². The van der Waals surface area contributed by atoms with Gasteiger partial charge in [0.15, 0.2) is 16.8 Å². The molecule has 0 saturated carbocycles. The number of para-hydroxylation sites is 1. The Morgan fingerprint density at radius 1 is 1.24 bits per heavy atom. The predicted octanol–water partition coefficient (Wildman–Crippen LogP) is 4.48. The summed E-state index contributed by atoms with van der Waals surface area (Å²) in [4.78, 5) is 16.5. The second-order valence-electron chi connectivity index (χ2n) is 5.76. The second kappa shape index (κ2) is 5.93. The van der Waals surface area contributed by atoms with E-state index in [1.54, 1.807) is 0 Å². The number of carbonyl (C=O) groups is 1. The van der Waals surface area contributed by atoms with Crippen LogP contribution in [0.5, 0.6) is 0 Å². The van der Waals surface area contributed by atoms with Crippen LogP contribution in [0.4, 0.5) is 13.9 Å². The van der Waals surface area contributed by atoms with E-state index in [0.717, 1.165) is 39.9 Å². The van der Waals surface area contributed by atoms with Crippen LogP contribution in [0, 0.1) is 18.6 Å². The minimum Gasteiger partial charge on any atom is -0.338 e. The average molecular weight is 357 g/mol. The van der Waals surface area contributed by atoms with Crippen LogP contribution < -0.4 is 5.32 Å². The standard InChI is InChI=1S/C18H13F2N3OS/c1-10-8-23(15-5-3-2-4-11(10)15)9-17(24)22-18-21-14-6-12(19)13(20)7-16(14)25-18/h2-8H,9H2,1H3,(H,21,22,24). The van der Waals surface area contributed by atoms with Crippen molar-refractivity contribution < 1.29 is 13.6 Å². The van der Waals surface area contributed by atoms with Gasteiger partial charge >= 0.3 is 0 Å². The predicted molar refractivity (Wildman–Crippen MR) is 94.8 cm³/mol. The number of hydrogen-bond donors (Lipinski definition) is 1. The molecule has 1 amide bonds. The van der Waals surface area contributed by atoms with Crippen molar-refractivity contribution in [2.75, 3.05) is 5.32 Å². The van der Waals surface area contributed by atoms with Gasteiger partial charge in [-0.2, -0.15) is 0 Å². The van der Waals surface area contributed by atoms with Crippen LogP contribution in [0.1, 0.15) is 5.56 Å². The molecule has 7 heteroatoms. The minimum absolute atomic E-state index is 0.132. The molecule has 0 fully saturated rings. The van der Waals surface area contributed by atoms with Gasteiger partial charge in [-0.25, -0.2) is 13.8 Å². The maximum absolute atomic E-state index is 13.3. The highest BCUT2D eigenvalue weighted by atomic mass is 32.1. The highest BCUT2D eigenvalue weighted by molar-refractivity contribution is 7.22. The maximum Gasteiger partial charge on any atom is 0.246 e. The summed E-state index contributed by atoms with van der Waals surface area (Å²) in [7, 11) is 0. The second-order valence-corrected chi connectivity index (χ2v) is 6.79. The number of nitrogens with one attached hydrogen (secondary N) is 1. The van der Waals surface area contributed by atoms with Crippen LogP contribution in [0.15, 0.2) is 42.6 Å². The number of fused-ring (bicyclic) bond motifs is 2. The van der Waals surface area contributed by atoms with Crippen molar-refractivity contribution in [1.29, 1.82) is 0 Å². The summed E-state index contributed by atoms with van der Waals surface area (Å²) in [5, 5.41) is 4.11. The number of nitrogens with zero attached hydrogens (tertiary/aromatic N) is 2. The number of aryl methyl sites for hydroxylation is 1. The lowest BCUT2D eigenvalue weighted by molar-refractivity contribution is -0.116. The zero-order chi connectivity index (χ0) is 17.6. The van der Waals surface area contributed by atoms with E-state index < -0.39 is 11.6 Å². The Morgan fingerprint density at radius 2 is 2.00 bits per heavy atom. The first-order chi connectivity index (χ1) is 12.0. The highest BCUT2D eigenvalue weighted by Gasteiger charge is 2.13. The lowest BCUT2D eigenvalue weighted by atomic mass is 10.2. The van der Waals surface area contributed by atoms with Crippen LogP contribution >= 0.6 is 11.3 Å². The molecule has 4 nitrogen and oxygen atoms in total. The molecule has 4 aromatic rings. The van der Waals surface area contributed by atoms with Gasteiger partial charge in [-0.3, -0.25) is 4.79 Å². The Morgan fingerprint density at radius 3 is 2.84 bits per heavy atom. The first-order valence-corrected chi connectivity index (χ1v) is 8.43. The van der Waals surface area contributed by atoms with Crippen molar-refractivity contribution in [3.8, 4) is 0 Å². The number of anilines is 1. The molecular weight excluding hydrogens is 344 g/mol. The maximum atomic E-state index is 13.3. The molecular formula is C18H13F2N3OS. The molecule has 0 unspecified atom stereocenters. The zero-order valence-corrected chi connectivity index (χ0v) is 14.0. The molecule has 1 N–H and O–H groups in total. The van der Waals surface area contributed by atoms with Crippen molar-refractivity contribution >= 4 is 43.5 Å². The molecule has 2 aromatic carbocycles. The fourth-order valence-electron chi connectivity index (χ4n) is 2.85. The van der Waals surface area contributed by atoms with E-state index in [4.69, 9.17) is 0 Å². The van der Waals surface area contributed by atoms with E-state index in [-0.39, 0.29) is 12.5 Å². The quantitative estimate of drug-likeness (QED) is 0.588. The van der Waals surface area contributed by atoms with Crippen LogP contribution in [-0.2, 0) is 11.3 Å². The third-order valence-corrected chi connectivity index (χ3v) is 4.91. The fourth-order valence-corrected chi connectivity index (χ4v) is 3.74. The largest absolute Gasteiger partial charge is 0.338 e. The van der Waals surface area contributed by atoms with E-state index in [9.17, 15) is 13.6 Å². The molecule has 0 saturated heterocycles. The Labute approximate surface area is 145 Å². The van der Waals surface area contributed by atoms with Gasteiger partial charge in [0.05, 0.1) is 10.2 Å². The van der Waals surface area contributed by atoms with Gasteiger partial charge in [0.1, 0.15) is 6.54 Å². The lowest BCUT2D eigenvalue weighted by Crippen LogP contribution is -2.18. The van der Waals surface area contributed by atoms with Gasteiger partial charge in [0.25, 0.3) is 0 Å². The van der Waals surface area contributed by atoms with Gasteiger partial charge < -0.3 is 9.88 Å². The molecule has 0 aliphatic rings. The summed E-state index contributed by atoms with van der Waals surface area (Å²) in [5.74, 6) is -2.13. The average Bonchev–Trinajstić information content (AvgIpc) is 3.09. The summed E-state index contributed by atoms with van der Waals surface area (Å²) in [6.07, 6.45) is 1.92. The van der Waals surface area contributed by atoms with Gasteiger partial charge in [-0.05, 0) is 24.6 Å². The number of aromatic nitrogens is 2. The molecule has 0 bridgehead atoms. The van der Waals surface area contributed by atoms with Crippen LogP contribution in [0.25, 0.3) is 21.1 Å². The van der Waals surface area contributed by atoms with Crippen LogP contribution in [-0.4, -0.2) is 15.5 Å². The molecule has 25 heavy (non-hydrogen) atoms. The fraction of sp³-hybridized carbons (Fsp3) is 0.111. The molecule has 126 valence electrons. The third-order valence-electron chi connectivity index (χ3n) is 3.98. The van der Waals surface area contributed by atoms with Gasteiger partial charge in [-0.15, -0.1) is 0 Å². The first kappa shape index (κ1) is 15.7. The lowest BCUT2D eigenvalue weighted by Gasteiger charge is -2.05. The van der Waals surface area contributed by atoms with E-state index in [0.29, 0.717) is 15.3 Å². The number of rotatable bonds is 3. The number of thiazole rings is 1. The Hall–Kier alpha value is -2.80. The molecule has 2 heterocycles. The highest BCUT2D eigenvalue weighted by Crippen LogP contribution is 2.28. The van der Waals surface area contributed by atoms with E-state index >= 15 is 0 Å². The van der Waals surface area contributed by atoms with Crippen LogP contribution in [0.2, 0.25) is 0 Å². The summed E-state index contributed by atoms with van der Waals surface area (Å²) in [6.45, 7) is 2.13. The van der Waals surface area contributed by atoms with E-state index in [1.807, 2.05) is 42.0 Å². The van der Waals surface area contributed by atoms with Crippen LogP contribution in [0.3, 0.4) is 0 Å². The topological polar surface area (TPSA) is 46.9 Å². The van der Waals surface area contributed by atoms with Crippen molar-refractivity contribution in [2.45, 2.75) is 13.5 Å². The Bertz CT molecular complexity index is 1080. The van der Waals surface area contributed by atoms with Gasteiger partial charge in [-0.1, -0.05) is 29.5 Å². The number of benzene rings is 2. The molecule has 0 atom stereocenters. The summed E-state index contributed by atoms with van der Waals surface area (Å²) < 4.78 is 28.9. The van der Waals surface area contributed by atoms with Crippen molar-refractivity contribution in [1.82, 2.24) is 9.55 Å². The smallest absolute Gasteiger partial charge is 0.246 e. The summed E-state index contributed by atoms with van der Waals surface area (Å²) in [6, 6.07) is 9.96. The SMILES string of the molecule is Cc1cn(CC(=O)Nc2nc3cc(F)c(F)cc3s2)c2ccccc12. The number of carbonyl (C=O) groups excluding carboxylic acids is 1. The first-order valence-electron chi connectivity index (χ1n) is 7.61. The number of amides is 1. The van der Waals surface area contributed by atoms with E-state index in [2.05, 4.69) is 10.3 Å². The van der Waals surface area contributed by atoms with Gasteiger partial charge in [0.2, 0.25) is 5.91 Å². The minimum atomic E-state index is -0.954. The molecule has 0 aliphatic carbocycles. The molecule has 0 radical (unpaired) electrons. The number of halogens is 2. The third kappa shape index (κ3) is 2.87. The molecule has 2 aromatic heterocycles. The van der Waals surface area contributed by atoms with Crippen molar-refractivity contribution in [3.05, 3.63) is 59.8 Å². The zero-order valence-electron chi connectivity index (χ0n) is 13.2. The van der Waals surface area contributed by atoms with Gasteiger partial charge in [0, 0.05) is 23.2 Å². The Balaban J connectivity index is 1.57. The van der Waals surface area contributed by atoms with Crippen molar-refractivity contribution in [2.24, 2.45) is 0 Å². The number of hydrogen-bond acceptors (Lipinski definition) is 3. The normalized spacial score (nSPS) is 11.3.